The van der Waals surface area contributed by atoms with E-state index in [4.69, 9.17) is 21.1 Å². The molecule has 2 heterocycles. The smallest absolute Gasteiger partial charge is 0.161 e. The maximum atomic E-state index is 11.7. The molecule has 0 atom stereocenters. The number of Topliss-reactive ketones (excluding diaryl/α,β-unsaturated/α-hetero) is 1. The Morgan fingerprint density at radius 1 is 1.30 bits per heavy atom. The van der Waals surface area contributed by atoms with Crippen LogP contribution < -0.4 is 4.74 Å². The summed E-state index contributed by atoms with van der Waals surface area (Å²) in [5, 5.41) is 7.26. The van der Waals surface area contributed by atoms with E-state index in [1.165, 1.54) is 6.92 Å². The Hall–Kier alpha value is -2.15. The van der Waals surface area contributed by atoms with E-state index in [-0.39, 0.29) is 12.4 Å². The SMILES string of the molecule is COc1csc(-c2cc(COC(C)(C)C(C)=O)nn2-c2cccc(Cl)c2)c1. The minimum absolute atomic E-state index is 0.0278. The molecule has 0 aliphatic rings. The van der Waals surface area contributed by atoms with Gasteiger partial charge < -0.3 is 9.47 Å². The van der Waals surface area contributed by atoms with Gasteiger partial charge in [0, 0.05) is 16.5 Å². The average molecular weight is 405 g/mol. The van der Waals surface area contributed by atoms with E-state index in [1.807, 2.05) is 46.5 Å². The molecule has 3 aromatic rings. The van der Waals surface area contributed by atoms with E-state index < -0.39 is 5.60 Å². The fraction of sp³-hybridized carbons (Fsp3) is 0.300. The van der Waals surface area contributed by atoms with Gasteiger partial charge in [0.05, 0.1) is 35.7 Å². The summed E-state index contributed by atoms with van der Waals surface area (Å²) in [6.45, 7) is 5.27. The van der Waals surface area contributed by atoms with E-state index in [1.54, 1.807) is 32.3 Å². The lowest BCUT2D eigenvalue weighted by atomic mass is 10.1. The molecular formula is C20H21ClN2O3S. The highest BCUT2D eigenvalue weighted by atomic mass is 35.5. The lowest BCUT2D eigenvalue weighted by Gasteiger charge is -2.21. The van der Waals surface area contributed by atoms with Crippen LogP contribution in [-0.4, -0.2) is 28.3 Å². The van der Waals surface area contributed by atoms with Crippen LogP contribution in [0.3, 0.4) is 0 Å². The highest BCUT2D eigenvalue weighted by Crippen LogP contribution is 2.33. The number of hydrogen-bond donors (Lipinski definition) is 0. The third-order valence-electron chi connectivity index (χ3n) is 4.31. The first kappa shape index (κ1) is 19.6. The molecule has 0 aliphatic heterocycles. The molecule has 3 rings (SSSR count). The van der Waals surface area contributed by atoms with Crippen molar-refractivity contribution in [3.8, 4) is 22.0 Å². The fourth-order valence-electron chi connectivity index (χ4n) is 2.40. The zero-order valence-corrected chi connectivity index (χ0v) is 17.2. The summed E-state index contributed by atoms with van der Waals surface area (Å²) >= 11 is 7.73. The third-order valence-corrected chi connectivity index (χ3v) is 5.47. The Morgan fingerprint density at radius 2 is 2.07 bits per heavy atom. The largest absolute Gasteiger partial charge is 0.496 e. The minimum atomic E-state index is -0.855. The molecule has 0 fully saturated rings. The molecular weight excluding hydrogens is 384 g/mol. The van der Waals surface area contributed by atoms with Crippen molar-refractivity contribution in [1.82, 2.24) is 9.78 Å². The summed E-state index contributed by atoms with van der Waals surface area (Å²) in [6, 6.07) is 11.4. The number of aromatic nitrogens is 2. The summed E-state index contributed by atoms with van der Waals surface area (Å²) in [5.74, 6) is 0.768. The van der Waals surface area contributed by atoms with Crippen molar-refractivity contribution >= 4 is 28.7 Å². The molecule has 0 radical (unpaired) electrons. The number of methoxy groups -OCH3 is 1. The predicted octanol–water partition coefficient (Wildman–Crippen LogP) is 5.15. The number of benzene rings is 1. The summed E-state index contributed by atoms with van der Waals surface area (Å²) in [7, 11) is 1.64. The average Bonchev–Trinajstić information content (AvgIpc) is 3.26. The van der Waals surface area contributed by atoms with Crippen molar-refractivity contribution in [2.75, 3.05) is 7.11 Å². The van der Waals surface area contributed by atoms with Gasteiger partial charge in [0.25, 0.3) is 0 Å². The van der Waals surface area contributed by atoms with Crippen molar-refractivity contribution < 1.29 is 14.3 Å². The van der Waals surface area contributed by atoms with Crippen molar-refractivity contribution in [2.24, 2.45) is 0 Å². The fourth-order valence-corrected chi connectivity index (χ4v) is 3.44. The van der Waals surface area contributed by atoms with Crippen LogP contribution >= 0.6 is 22.9 Å². The van der Waals surface area contributed by atoms with Gasteiger partial charge in [-0.25, -0.2) is 4.68 Å². The van der Waals surface area contributed by atoms with Gasteiger partial charge in [-0.2, -0.15) is 5.10 Å². The quantitative estimate of drug-likeness (QED) is 0.546. The second kappa shape index (κ2) is 7.84. The highest BCUT2D eigenvalue weighted by molar-refractivity contribution is 7.13. The molecule has 142 valence electrons. The molecule has 0 N–H and O–H groups in total. The molecule has 0 bridgehead atoms. The highest BCUT2D eigenvalue weighted by Gasteiger charge is 2.25. The van der Waals surface area contributed by atoms with Gasteiger partial charge in [-0.15, -0.1) is 11.3 Å². The monoisotopic (exact) mass is 404 g/mol. The summed E-state index contributed by atoms with van der Waals surface area (Å²) in [4.78, 5) is 12.7. The van der Waals surface area contributed by atoms with Crippen LogP contribution in [-0.2, 0) is 16.1 Å². The van der Waals surface area contributed by atoms with Gasteiger partial charge in [-0.1, -0.05) is 17.7 Å². The molecule has 1 aromatic carbocycles. The Balaban J connectivity index is 1.99. The predicted molar refractivity (Wildman–Crippen MR) is 108 cm³/mol. The minimum Gasteiger partial charge on any atom is -0.496 e. The van der Waals surface area contributed by atoms with Crippen LogP contribution in [0.5, 0.6) is 5.75 Å². The topological polar surface area (TPSA) is 53.4 Å². The molecule has 0 saturated carbocycles. The molecule has 0 unspecified atom stereocenters. The molecule has 0 saturated heterocycles. The number of thiophene rings is 1. The number of carbonyl (C=O) groups excluding carboxylic acids is 1. The van der Waals surface area contributed by atoms with Crippen molar-refractivity contribution in [1.29, 1.82) is 0 Å². The maximum Gasteiger partial charge on any atom is 0.161 e. The first-order chi connectivity index (χ1) is 12.8. The Morgan fingerprint density at radius 3 is 2.70 bits per heavy atom. The number of ketones is 1. The lowest BCUT2D eigenvalue weighted by Crippen LogP contribution is -2.32. The van der Waals surface area contributed by atoms with E-state index in [2.05, 4.69) is 5.10 Å². The van der Waals surface area contributed by atoms with E-state index >= 15 is 0 Å². The zero-order valence-electron chi connectivity index (χ0n) is 15.7. The normalized spacial score (nSPS) is 11.6. The molecule has 2 aromatic heterocycles. The number of halogens is 1. The Labute approximate surface area is 167 Å². The molecule has 0 aliphatic carbocycles. The lowest BCUT2D eigenvalue weighted by molar-refractivity contribution is -0.139. The van der Waals surface area contributed by atoms with Crippen LogP contribution in [0.25, 0.3) is 16.3 Å². The van der Waals surface area contributed by atoms with Crippen LogP contribution in [0.2, 0.25) is 5.02 Å². The zero-order chi connectivity index (χ0) is 19.6. The molecule has 27 heavy (non-hydrogen) atoms. The van der Waals surface area contributed by atoms with Gasteiger partial charge in [0.1, 0.15) is 11.4 Å². The van der Waals surface area contributed by atoms with Gasteiger partial charge in [0.2, 0.25) is 0 Å². The van der Waals surface area contributed by atoms with Gasteiger partial charge in [-0.3, -0.25) is 4.79 Å². The molecule has 0 amide bonds. The molecule has 0 spiro atoms. The van der Waals surface area contributed by atoms with Crippen molar-refractivity contribution in [3.05, 3.63) is 52.5 Å². The summed E-state index contributed by atoms with van der Waals surface area (Å²) in [6.07, 6.45) is 0. The van der Waals surface area contributed by atoms with Crippen molar-refractivity contribution in [3.63, 3.8) is 0 Å². The number of hydrogen-bond acceptors (Lipinski definition) is 5. The first-order valence-corrected chi connectivity index (χ1v) is 9.68. The second-order valence-electron chi connectivity index (χ2n) is 6.62. The number of carbonyl (C=O) groups is 1. The molecule has 7 heteroatoms. The summed E-state index contributed by atoms with van der Waals surface area (Å²) in [5.41, 5.74) is 1.63. The van der Waals surface area contributed by atoms with Crippen LogP contribution in [0.1, 0.15) is 26.5 Å². The van der Waals surface area contributed by atoms with Crippen LogP contribution in [0.4, 0.5) is 0 Å². The van der Waals surface area contributed by atoms with Gasteiger partial charge in [-0.05, 0) is 45.0 Å². The standard InChI is InChI=1S/C20H21ClN2O3S/c1-13(24)20(2,3)26-11-15-9-18(19-10-17(25-4)12-27-19)23(22-15)16-7-5-6-14(21)8-16/h5-10,12H,11H2,1-4H3. The Bertz CT molecular complexity index is 962. The first-order valence-electron chi connectivity index (χ1n) is 8.43. The number of ether oxygens (including phenoxy) is 2. The van der Waals surface area contributed by atoms with E-state index in [0.717, 1.165) is 27.7 Å². The van der Waals surface area contributed by atoms with E-state index in [0.29, 0.717) is 5.02 Å². The Kier molecular flexibility index (Phi) is 5.69. The van der Waals surface area contributed by atoms with Gasteiger partial charge >= 0.3 is 0 Å². The van der Waals surface area contributed by atoms with Crippen LogP contribution in [0, 0.1) is 0 Å². The number of nitrogens with zero attached hydrogens (tertiary/aromatic N) is 2. The second-order valence-corrected chi connectivity index (χ2v) is 7.97. The summed E-state index contributed by atoms with van der Waals surface area (Å²) < 4.78 is 12.9. The van der Waals surface area contributed by atoms with E-state index in [9.17, 15) is 4.79 Å². The van der Waals surface area contributed by atoms with Crippen LogP contribution in [0.15, 0.2) is 41.8 Å². The van der Waals surface area contributed by atoms with Gasteiger partial charge in [0.15, 0.2) is 5.78 Å². The number of rotatable bonds is 7. The maximum absolute atomic E-state index is 11.7. The molecule has 5 nitrogen and oxygen atoms in total. The van der Waals surface area contributed by atoms with Crippen molar-refractivity contribution in [2.45, 2.75) is 33.0 Å². The third kappa shape index (κ3) is 4.40.